The number of quaternary nitrogens is 1. The number of nitrogens with one attached hydrogen (secondary N) is 1. The van der Waals surface area contributed by atoms with Crippen LogP contribution in [-0.2, 0) is 0 Å². The van der Waals surface area contributed by atoms with Crippen molar-refractivity contribution in [3.05, 3.63) is 70.6 Å². The lowest BCUT2D eigenvalue weighted by Crippen LogP contribution is -3.05. The molecule has 2 aromatic heterocycles. The average Bonchev–Trinajstić information content (AvgIpc) is 3.15. The lowest BCUT2D eigenvalue weighted by molar-refractivity contribution is -0.858. The number of rotatable bonds is 6. The molecule has 6 nitrogen and oxygen atoms in total. The first-order valence-corrected chi connectivity index (χ1v) is 10.3. The number of carbonyl (C=O) groups excluding carboxylic acids is 1. The minimum absolute atomic E-state index is 0.0279. The van der Waals surface area contributed by atoms with Crippen LogP contribution < -0.4 is 15.2 Å². The summed E-state index contributed by atoms with van der Waals surface area (Å²) in [5.41, 5.74) is 1.02. The molecule has 0 aliphatic rings. The van der Waals surface area contributed by atoms with E-state index in [0.29, 0.717) is 22.6 Å². The second-order valence-electron chi connectivity index (χ2n) is 7.21. The maximum atomic E-state index is 13.4. The molecular weight excluding hydrogens is 386 g/mol. The standard InChI is InChI=1S/C22H21N3O3S/c1-24(2)12-7-13-25(22-23-17-9-4-6-11-19(17)29-22)21(27)16-14-28-18-10-5-3-8-15(18)20(16)26/h3-6,8-11,14H,7,12-13H2,1-2H3/p+1. The highest BCUT2D eigenvalue weighted by molar-refractivity contribution is 7.22. The van der Waals surface area contributed by atoms with Crippen molar-refractivity contribution in [3.63, 3.8) is 0 Å². The van der Waals surface area contributed by atoms with Crippen LogP contribution in [0.2, 0.25) is 0 Å². The summed E-state index contributed by atoms with van der Waals surface area (Å²) in [7, 11) is 4.14. The molecule has 29 heavy (non-hydrogen) atoms. The van der Waals surface area contributed by atoms with Gasteiger partial charge in [-0.25, -0.2) is 4.98 Å². The molecule has 4 rings (SSSR count). The summed E-state index contributed by atoms with van der Waals surface area (Å²) >= 11 is 1.45. The number of benzene rings is 2. The van der Waals surface area contributed by atoms with Gasteiger partial charge >= 0.3 is 0 Å². The summed E-state index contributed by atoms with van der Waals surface area (Å²) in [6, 6.07) is 14.7. The van der Waals surface area contributed by atoms with Gasteiger partial charge in [-0.05, 0) is 24.3 Å². The van der Waals surface area contributed by atoms with Gasteiger partial charge in [0.1, 0.15) is 17.4 Å². The molecule has 0 aliphatic carbocycles. The van der Waals surface area contributed by atoms with E-state index in [-0.39, 0.29) is 16.9 Å². The summed E-state index contributed by atoms with van der Waals surface area (Å²) in [6.45, 7) is 1.39. The van der Waals surface area contributed by atoms with Crippen LogP contribution in [-0.4, -0.2) is 38.1 Å². The fourth-order valence-electron chi connectivity index (χ4n) is 3.22. The molecule has 1 N–H and O–H groups in total. The summed E-state index contributed by atoms with van der Waals surface area (Å²) in [5.74, 6) is -0.377. The molecule has 0 aliphatic heterocycles. The minimum Gasteiger partial charge on any atom is -0.463 e. The molecule has 2 heterocycles. The Morgan fingerprint density at radius 3 is 2.69 bits per heavy atom. The van der Waals surface area contributed by atoms with Gasteiger partial charge in [0.25, 0.3) is 5.91 Å². The minimum atomic E-state index is -0.377. The number of aromatic nitrogens is 1. The topological polar surface area (TPSA) is 67.8 Å². The van der Waals surface area contributed by atoms with Crippen LogP contribution in [0.25, 0.3) is 21.2 Å². The first kappa shape index (κ1) is 19.3. The van der Waals surface area contributed by atoms with Crippen LogP contribution in [0.5, 0.6) is 0 Å². The van der Waals surface area contributed by atoms with Crippen LogP contribution in [0.3, 0.4) is 0 Å². The molecule has 1 amide bonds. The van der Waals surface area contributed by atoms with E-state index in [2.05, 4.69) is 19.1 Å². The van der Waals surface area contributed by atoms with Crippen molar-refractivity contribution in [3.8, 4) is 0 Å². The van der Waals surface area contributed by atoms with E-state index in [1.165, 1.54) is 22.5 Å². The van der Waals surface area contributed by atoms with Gasteiger partial charge in [0.15, 0.2) is 5.13 Å². The van der Waals surface area contributed by atoms with E-state index in [4.69, 9.17) is 4.42 Å². The Morgan fingerprint density at radius 2 is 1.90 bits per heavy atom. The van der Waals surface area contributed by atoms with Crippen LogP contribution in [0.1, 0.15) is 16.8 Å². The number of hydrogen-bond acceptors (Lipinski definition) is 5. The van der Waals surface area contributed by atoms with Gasteiger partial charge in [0.05, 0.1) is 36.2 Å². The number of fused-ring (bicyclic) bond motifs is 2. The van der Waals surface area contributed by atoms with E-state index < -0.39 is 0 Å². The quantitative estimate of drug-likeness (QED) is 0.533. The third-order valence-electron chi connectivity index (χ3n) is 4.73. The first-order chi connectivity index (χ1) is 14.0. The van der Waals surface area contributed by atoms with Gasteiger partial charge in [-0.1, -0.05) is 35.6 Å². The zero-order chi connectivity index (χ0) is 20.4. The van der Waals surface area contributed by atoms with Crippen molar-refractivity contribution in [2.75, 3.05) is 32.1 Å². The number of amides is 1. The Kier molecular flexibility index (Phi) is 5.42. The highest BCUT2D eigenvalue weighted by Gasteiger charge is 2.25. The number of thiazole rings is 1. The maximum Gasteiger partial charge on any atom is 0.267 e. The highest BCUT2D eigenvalue weighted by atomic mass is 32.1. The van der Waals surface area contributed by atoms with Gasteiger partial charge in [0, 0.05) is 13.0 Å². The van der Waals surface area contributed by atoms with Crippen molar-refractivity contribution in [2.24, 2.45) is 0 Å². The van der Waals surface area contributed by atoms with E-state index in [1.807, 2.05) is 24.3 Å². The lowest BCUT2D eigenvalue weighted by atomic mass is 10.1. The molecule has 148 valence electrons. The van der Waals surface area contributed by atoms with E-state index in [9.17, 15) is 9.59 Å². The van der Waals surface area contributed by atoms with E-state index in [0.717, 1.165) is 23.2 Å². The second kappa shape index (κ2) is 8.14. The predicted molar refractivity (Wildman–Crippen MR) is 116 cm³/mol. The van der Waals surface area contributed by atoms with Gasteiger partial charge in [-0.3, -0.25) is 14.5 Å². The van der Waals surface area contributed by atoms with Gasteiger partial charge < -0.3 is 9.32 Å². The molecule has 7 heteroatoms. The zero-order valence-electron chi connectivity index (χ0n) is 16.3. The van der Waals surface area contributed by atoms with Crippen molar-refractivity contribution >= 4 is 43.6 Å². The Morgan fingerprint density at radius 1 is 1.14 bits per heavy atom. The van der Waals surface area contributed by atoms with Gasteiger partial charge in [0.2, 0.25) is 5.43 Å². The Bertz CT molecular complexity index is 1200. The number of anilines is 1. The Hall–Kier alpha value is -3.03. The van der Waals surface area contributed by atoms with Crippen molar-refractivity contribution < 1.29 is 14.1 Å². The van der Waals surface area contributed by atoms with Gasteiger partial charge in [-0.15, -0.1) is 0 Å². The fraction of sp³-hybridized carbons (Fsp3) is 0.227. The molecule has 0 saturated heterocycles. The molecule has 0 atom stereocenters. The predicted octanol–water partition coefficient (Wildman–Crippen LogP) is 2.58. The van der Waals surface area contributed by atoms with Crippen molar-refractivity contribution in [1.82, 2.24) is 4.98 Å². The van der Waals surface area contributed by atoms with Crippen LogP contribution in [0, 0.1) is 0 Å². The monoisotopic (exact) mass is 408 g/mol. The number of para-hydroxylation sites is 2. The number of nitrogens with zero attached hydrogens (tertiary/aromatic N) is 2. The van der Waals surface area contributed by atoms with Crippen LogP contribution >= 0.6 is 11.3 Å². The van der Waals surface area contributed by atoms with E-state index >= 15 is 0 Å². The zero-order valence-corrected chi connectivity index (χ0v) is 17.2. The molecular formula is C22H22N3O3S+. The largest absolute Gasteiger partial charge is 0.463 e. The third-order valence-corrected chi connectivity index (χ3v) is 5.79. The van der Waals surface area contributed by atoms with Crippen LogP contribution in [0.15, 0.2) is 64.0 Å². The molecule has 4 aromatic rings. The van der Waals surface area contributed by atoms with E-state index in [1.54, 1.807) is 29.2 Å². The smallest absolute Gasteiger partial charge is 0.267 e. The van der Waals surface area contributed by atoms with Crippen molar-refractivity contribution in [1.29, 1.82) is 0 Å². The molecule has 0 bridgehead atoms. The fourth-order valence-corrected chi connectivity index (χ4v) is 4.21. The summed E-state index contributed by atoms with van der Waals surface area (Å²) < 4.78 is 6.57. The summed E-state index contributed by atoms with van der Waals surface area (Å²) in [4.78, 5) is 33.9. The Balaban J connectivity index is 1.74. The number of carbonyl (C=O) groups is 1. The Labute approximate surface area is 172 Å². The molecule has 0 fully saturated rings. The van der Waals surface area contributed by atoms with Crippen LogP contribution in [0.4, 0.5) is 5.13 Å². The number of hydrogen-bond donors (Lipinski definition) is 1. The summed E-state index contributed by atoms with van der Waals surface area (Å²) in [6.07, 6.45) is 2.06. The average molecular weight is 409 g/mol. The highest BCUT2D eigenvalue weighted by Crippen LogP contribution is 2.29. The molecule has 0 spiro atoms. The SMILES string of the molecule is C[NH+](C)CCCN(C(=O)c1coc2ccccc2c1=O)c1nc2ccccc2s1. The van der Waals surface area contributed by atoms with Crippen molar-refractivity contribution in [2.45, 2.75) is 6.42 Å². The molecule has 0 radical (unpaired) electrons. The molecule has 0 unspecified atom stereocenters. The maximum absolute atomic E-state index is 13.4. The molecule has 2 aromatic carbocycles. The van der Waals surface area contributed by atoms with Gasteiger partial charge in [-0.2, -0.15) is 0 Å². The lowest BCUT2D eigenvalue weighted by Gasteiger charge is -2.20. The molecule has 0 saturated carbocycles. The summed E-state index contributed by atoms with van der Waals surface area (Å²) in [5, 5.41) is 0.998. The third kappa shape index (κ3) is 3.92. The normalized spacial score (nSPS) is 11.4. The second-order valence-corrected chi connectivity index (χ2v) is 8.22. The first-order valence-electron chi connectivity index (χ1n) is 9.51.